The van der Waals surface area contributed by atoms with Crippen LogP contribution in [-0.2, 0) is 16.1 Å². The summed E-state index contributed by atoms with van der Waals surface area (Å²) in [5.41, 5.74) is 0.561. The van der Waals surface area contributed by atoms with E-state index in [4.69, 9.17) is 11.6 Å². The van der Waals surface area contributed by atoms with E-state index in [1.807, 2.05) is 6.92 Å². The van der Waals surface area contributed by atoms with Crippen molar-refractivity contribution in [2.45, 2.75) is 26.3 Å². The van der Waals surface area contributed by atoms with Gasteiger partial charge in [0.15, 0.2) is 5.15 Å². The summed E-state index contributed by atoms with van der Waals surface area (Å²) in [6.45, 7) is 2.07. The zero-order valence-electron chi connectivity index (χ0n) is 9.39. The number of hydrogen-bond donors (Lipinski definition) is 0. The second kappa shape index (κ2) is 4.79. The van der Waals surface area contributed by atoms with Gasteiger partial charge in [0.1, 0.15) is 0 Å². The smallest absolute Gasteiger partial charge is 0.229 e. The summed E-state index contributed by atoms with van der Waals surface area (Å²) in [4.78, 5) is 24.7. The molecule has 6 heteroatoms. The average Bonchev–Trinajstić information content (AvgIpc) is 2.26. The number of piperidine rings is 1. The third-order valence-electron chi connectivity index (χ3n) is 2.66. The molecule has 17 heavy (non-hydrogen) atoms. The number of halogens is 1. The van der Waals surface area contributed by atoms with Crippen molar-refractivity contribution in [1.29, 1.82) is 0 Å². The van der Waals surface area contributed by atoms with Crippen molar-refractivity contribution in [3.63, 3.8) is 0 Å². The molecule has 1 saturated heterocycles. The molecule has 5 nitrogen and oxygen atoms in total. The monoisotopic (exact) mass is 253 g/mol. The number of likely N-dealkylation sites (tertiary alicyclic amines) is 1. The van der Waals surface area contributed by atoms with Gasteiger partial charge in [-0.25, -0.2) is 0 Å². The molecule has 0 spiro atoms. The minimum absolute atomic E-state index is 0.127. The van der Waals surface area contributed by atoms with Crippen LogP contribution >= 0.6 is 11.6 Å². The fraction of sp³-hybridized carbons (Fsp3) is 0.455. The lowest BCUT2D eigenvalue weighted by molar-refractivity contribution is -0.150. The van der Waals surface area contributed by atoms with E-state index in [-0.39, 0.29) is 24.3 Å². The molecule has 0 radical (unpaired) electrons. The summed E-state index contributed by atoms with van der Waals surface area (Å²) in [5, 5.41) is 7.80. The molecule has 0 N–H and O–H groups in total. The minimum atomic E-state index is -0.148. The highest BCUT2D eigenvalue weighted by Crippen LogP contribution is 2.20. The molecule has 1 fully saturated rings. The van der Waals surface area contributed by atoms with E-state index in [1.165, 1.54) is 4.90 Å². The number of aromatic nitrogens is 2. The number of carbonyl (C=O) groups excluding carboxylic acids is 2. The molecule has 0 saturated carbocycles. The van der Waals surface area contributed by atoms with Gasteiger partial charge in [0.25, 0.3) is 0 Å². The summed E-state index contributed by atoms with van der Waals surface area (Å²) in [5.74, 6) is -0.168. The number of carbonyl (C=O) groups is 2. The minimum Gasteiger partial charge on any atom is -0.276 e. The molecule has 2 heterocycles. The van der Waals surface area contributed by atoms with Crippen molar-refractivity contribution >= 4 is 23.4 Å². The van der Waals surface area contributed by atoms with Gasteiger partial charge < -0.3 is 0 Å². The van der Waals surface area contributed by atoms with Crippen LogP contribution in [0.5, 0.6) is 0 Å². The normalized spacial score (nSPS) is 17.6. The Labute approximate surface area is 104 Å². The fourth-order valence-corrected chi connectivity index (χ4v) is 1.89. The number of nitrogens with zero attached hydrogens (tertiary/aromatic N) is 3. The van der Waals surface area contributed by atoms with Gasteiger partial charge in [-0.2, -0.15) is 5.10 Å². The number of amides is 2. The first-order chi connectivity index (χ1) is 8.06. The van der Waals surface area contributed by atoms with Crippen LogP contribution in [0.25, 0.3) is 0 Å². The Bertz CT molecular complexity index is 429. The van der Waals surface area contributed by atoms with Gasteiger partial charge in [-0.1, -0.05) is 18.5 Å². The highest BCUT2D eigenvalue weighted by molar-refractivity contribution is 6.29. The zero-order chi connectivity index (χ0) is 12.4. The van der Waals surface area contributed by atoms with Crippen LogP contribution in [0.15, 0.2) is 12.1 Å². The van der Waals surface area contributed by atoms with Crippen LogP contribution in [0.2, 0.25) is 5.15 Å². The van der Waals surface area contributed by atoms with Gasteiger partial charge in [-0.05, 0) is 18.1 Å². The summed E-state index contributed by atoms with van der Waals surface area (Å²) in [6, 6.07) is 3.25. The molecule has 2 amide bonds. The second-order valence-corrected chi connectivity index (χ2v) is 4.62. The van der Waals surface area contributed by atoms with E-state index < -0.39 is 0 Å². The summed E-state index contributed by atoms with van der Waals surface area (Å²) in [7, 11) is 0. The Balaban J connectivity index is 2.10. The first-order valence-electron chi connectivity index (χ1n) is 5.37. The highest BCUT2D eigenvalue weighted by atomic mass is 35.5. The lowest BCUT2D eigenvalue weighted by Gasteiger charge is -2.27. The summed E-state index contributed by atoms with van der Waals surface area (Å²) in [6.07, 6.45) is 0.819. The lowest BCUT2D eigenvalue weighted by Crippen LogP contribution is -2.42. The van der Waals surface area contributed by atoms with Crippen LogP contribution < -0.4 is 0 Å². The van der Waals surface area contributed by atoms with E-state index in [2.05, 4.69) is 10.2 Å². The van der Waals surface area contributed by atoms with E-state index in [0.717, 1.165) is 0 Å². The third-order valence-corrected chi connectivity index (χ3v) is 2.86. The van der Waals surface area contributed by atoms with Gasteiger partial charge in [-0.15, -0.1) is 5.10 Å². The zero-order valence-corrected chi connectivity index (χ0v) is 10.1. The van der Waals surface area contributed by atoms with Crippen LogP contribution in [0.1, 0.15) is 25.5 Å². The van der Waals surface area contributed by atoms with Crippen molar-refractivity contribution in [2.24, 2.45) is 5.92 Å². The van der Waals surface area contributed by atoms with E-state index in [1.54, 1.807) is 12.1 Å². The molecule has 0 bridgehead atoms. The van der Waals surface area contributed by atoms with Gasteiger partial charge in [-0.3, -0.25) is 14.5 Å². The first kappa shape index (κ1) is 12.0. The second-order valence-electron chi connectivity index (χ2n) is 4.23. The molecule has 1 aromatic rings. The Morgan fingerprint density at radius 3 is 2.47 bits per heavy atom. The number of imide groups is 1. The van der Waals surface area contributed by atoms with E-state index in [9.17, 15) is 9.59 Å². The molecule has 0 aromatic carbocycles. The van der Waals surface area contributed by atoms with Crippen molar-refractivity contribution in [1.82, 2.24) is 15.1 Å². The Morgan fingerprint density at radius 2 is 1.94 bits per heavy atom. The Kier molecular flexibility index (Phi) is 3.38. The van der Waals surface area contributed by atoms with Gasteiger partial charge in [0.2, 0.25) is 11.8 Å². The maximum Gasteiger partial charge on any atom is 0.229 e. The van der Waals surface area contributed by atoms with Crippen molar-refractivity contribution in [2.75, 3.05) is 0 Å². The quantitative estimate of drug-likeness (QED) is 0.748. The predicted octanol–water partition coefficient (Wildman–Crippen LogP) is 1.42. The number of rotatable bonds is 2. The topological polar surface area (TPSA) is 63.2 Å². The van der Waals surface area contributed by atoms with Crippen molar-refractivity contribution < 1.29 is 9.59 Å². The van der Waals surface area contributed by atoms with Crippen LogP contribution in [0, 0.1) is 5.92 Å². The average molecular weight is 254 g/mol. The van der Waals surface area contributed by atoms with Crippen LogP contribution in [0.3, 0.4) is 0 Å². The first-order valence-corrected chi connectivity index (χ1v) is 5.75. The molecule has 0 aliphatic carbocycles. The molecule has 1 aromatic heterocycles. The van der Waals surface area contributed by atoms with Gasteiger partial charge in [0.05, 0.1) is 12.2 Å². The van der Waals surface area contributed by atoms with Gasteiger partial charge >= 0.3 is 0 Å². The lowest BCUT2D eigenvalue weighted by atomic mass is 9.98. The highest BCUT2D eigenvalue weighted by Gasteiger charge is 2.30. The Morgan fingerprint density at radius 1 is 1.29 bits per heavy atom. The molecular formula is C11H12ClN3O2. The standard InChI is InChI=1S/C11H12ClN3O2/c1-7-4-10(16)15(11(17)5-7)6-8-2-3-9(12)14-13-8/h2-3,7H,4-6H2,1H3. The predicted molar refractivity (Wildman–Crippen MR) is 61.0 cm³/mol. The molecule has 1 aliphatic rings. The van der Waals surface area contributed by atoms with E-state index in [0.29, 0.717) is 23.7 Å². The molecular weight excluding hydrogens is 242 g/mol. The maximum atomic E-state index is 11.7. The largest absolute Gasteiger partial charge is 0.276 e. The molecule has 2 rings (SSSR count). The van der Waals surface area contributed by atoms with Crippen molar-refractivity contribution in [3.8, 4) is 0 Å². The van der Waals surface area contributed by atoms with Crippen LogP contribution in [-0.4, -0.2) is 26.9 Å². The molecule has 0 unspecified atom stereocenters. The van der Waals surface area contributed by atoms with Gasteiger partial charge in [0, 0.05) is 12.8 Å². The molecule has 90 valence electrons. The van der Waals surface area contributed by atoms with Crippen LogP contribution in [0.4, 0.5) is 0 Å². The van der Waals surface area contributed by atoms with E-state index >= 15 is 0 Å². The number of hydrogen-bond acceptors (Lipinski definition) is 4. The molecule has 1 aliphatic heterocycles. The maximum absolute atomic E-state index is 11.7. The SMILES string of the molecule is CC1CC(=O)N(Cc2ccc(Cl)nn2)C(=O)C1. The van der Waals surface area contributed by atoms with Crippen molar-refractivity contribution in [3.05, 3.63) is 23.0 Å². The molecule has 0 atom stereocenters. The summed E-state index contributed by atoms with van der Waals surface area (Å²) < 4.78 is 0. The third kappa shape index (κ3) is 2.79. The fourth-order valence-electron chi connectivity index (χ4n) is 1.79. The Hall–Kier alpha value is -1.49. The summed E-state index contributed by atoms with van der Waals surface area (Å²) >= 11 is 5.61.